The molecule has 0 saturated heterocycles. The molecule has 0 bridgehead atoms. The molecule has 0 radical (unpaired) electrons. The van der Waals surface area contributed by atoms with E-state index in [2.05, 4.69) is 0 Å². The maximum absolute atomic E-state index is 15.7. The number of hydrogen-bond donors (Lipinski definition) is 1. The summed E-state index contributed by atoms with van der Waals surface area (Å²) in [4.78, 5) is 1.74. The lowest BCUT2D eigenvalue weighted by Crippen LogP contribution is -2.10. The van der Waals surface area contributed by atoms with Gasteiger partial charge < -0.3 is 14.4 Å². The summed E-state index contributed by atoms with van der Waals surface area (Å²) in [6.07, 6.45) is 0. The first-order valence-electron chi connectivity index (χ1n) is 13.4. The van der Waals surface area contributed by atoms with E-state index in [1.165, 1.54) is 12.1 Å². The minimum Gasteiger partial charge on any atom is -0.497 e. The number of ether oxygens (including phenoxy) is 2. The fraction of sp³-hybridized carbons (Fsp3) is 0.0909. The van der Waals surface area contributed by atoms with Gasteiger partial charge in [0, 0.05) is 37.9 Å². The SMILES string of the molecule is COc1ccc(N(c2ccc(OC)cc2)c2ccc(-c3cc4c(s3)-c3sc(/C(C#N)=C(/C#N)S(=O)(=O)O)cc3C4(F)F)cc2)cc1. The molecule has 0 aliphatic heterocycles. The van der Waals surface area contributed by atoms with Crippen molar-refractivity contribution >= 4 is 55.4 Å². The van der Waals surface area contributed by atoms with Gasteiger partial charge in [-0.15, -0.1) is 22.7 Å². The number of rotatable bonds is 8. The molecule has 2 aromatic heterocycles. The van der Waals surface area contributed by atoms with Gasteiger partial charge in [-0.3, -0.25) is 4.55 Å². The van der Waals surface area contributed by atoms with Crippen LogP contribution in [-0.2, 0) is 16.0 Å². The molecule has 1 N–H and O–H groups in total. The largest absolute Gasteiger partial charge is 0.497 e. The number of thiophene rings is 2. The molecule has 0 unspecified atom stereocenters. The predicted octanol–water partition coefficient (Wildman–Crippen LogP) is 8.73. The van der Waals surface area contributed by atoms with E-state index in [0.29, 0.717) is 21.9 Å². The van der Waals surface area contributed by atoms with Crippen molar-refractivity contribution in [3.8, 4) is 43.8 Å². The Labute approximate surface area is 271 Å². The number of methoxy groups -OCH3 is 2. The highest BCUT2D eigenvalue weighted by molar-refractivity contribution is 7.90. The third-order valence-electron chi connectivity index (χ3n) is 7.36. The summed E-state index contributed by atoms with van der Waals surface area (Å²) in [5.74, 6) is -2.00. The van der Waals surface area contributed by atoms with Crippen LogP contribution in [0.1, 0.15) is 16.0 Å². The van der Waals surface area contributed by atoms with Crippen LogP contribution < -0.4 is 14.4 Å². The Kier molecular flexibility index (Phi) is 7.88. The lowest BCUT2D eigenvalue weighted by atomic mass is 10.1. The molecule has 0 fully saturated rings. The monoisotopic (exact) mass is 673 g/mol. The molecule has 13 heteroatoms. The Morgan fingerprint density at radius 2 is 1.26 bits per heavy atom. The van der Waals surface area contributed by atoms with Crippen molar-refractivity contribution in [3.63, 3.8) is 0 Å². The number of nitriles is 2. The number of halogens is 2. The Morgan fingerprint density at radius 1 is 0.783 bits per heavy atom. The number of benzene rings is 3. The van der Waals surface area contributed by atoms with Crippen molar-refractivity contribution in [1.29, 1.82) is 10.5 Å². The van der Waals surface area contributed by atoms with Gasteiger partial charge in [-0.25, -0.2) is 0 Å². The third-order valence-corrected chi connectivity index (χ3v) is 10.7. The minimum atomic E-state index is -5.04. The van der Waals surface area contributed by atoms with E-state index in [1.807, 2.05) is 77.7 Å². The van der Waals surface area contributed by atoms with Crippen LogP contribution in [0.2, 0.25) is 0 Å². The van der Waals surface area contributed by atoms with Crippen LogP contribution in [-0.4, -0.2) is 27.2 Å². The van der Waals surface area contributed by atoms with E-state index < -0.39 is 26.5 Å². The van der Waals surface area contributed by atoms with Gasteiger partial charge in [-0.05, 0) is 78.4 Å². The first kappa shape index (κ1) is 31.0. The lowest BCUT2D eigenvalue weighted by Gasteiger charge is -2.26. The Bertz CT molecular complexity index is 2150. The van der Waals surface area contributed by atoms with Crippen LogP contribution >= 0.6 is 22.7 Å². The second-order valence-corrected chi connectivity index (χ2v) is 13.4. The topological polar surface area (TPSA) is 124 Å². The molecular formula is C33H21F2N3O5S3. The number of anilines is 3. The van der Waals surface area contributed by atoms with Crippen LogP contribution in [0.3, 0.4) is 0 Å². The second kappa shape index (κ2) is 11.7. The quantitative estimate of drug-likeness (QED) is 0.128. The summed E-state index contributed by atoms with van der Waals surface area (Å²) in [6.45, 7) is 0. The molecule has 0 spiro atoms. The number of nitrogens with zero attached hydrogens (tertiary/aromatic N) is 3. The Hall–Kier alpha value is -5.05. The molecule has 1 aliphatic rings. The zero-order valence-corrected chi connectivity index (χ0v) is 26.4. The number of hydrogen-bond acceptors (Lipinski definition) is 9. The van der Waals surface area contributed by atoms with Gasteiger partial charge in [-0.1, -0.05) is 12.1 Å². The number of fused-ring (bicyclic) bond motifs is 3. The summed E-state index contributed by atoms with van der Waals surface area (Å²) in [6, 6.07) is 27.9. The van der Waals surface area contributed by atoms with Crippen molar-refractivity contribution < 1.29 is 31.2 Å². The molecule has 3 aromatic carbocycles. The van der Waals surface area contributed by atoms with Crippen molar-refractivity contribution in [2.45, 2.75) is 5.92 Å². The zero-order valence-electron chi connectivity index (χ0n) is 24.0. The van der Waals surface area contributed by atoms with Gasteiger partial charge in [0.15, 0.2) is 4.91 Å². The molecule has 5 aromatic rings. The number of allylic oxidation sites excluding steroid dienone is 2. The van der Waals surface area contributed by atoms with E-state index in [-0.39, 0.29) is 25.8 Å². The fourth-order valence-corrected chi connectivity index (χ4v) is 8.28. The van der Waals surface area contributed by atoms with Gasteiger partial charge in [0.05, 0.1) is 24.0 Å². The van der Waals surface area contributed by atoms with Crippen LogP contribution in [0.4, 0.5) is 25.8 Å². The van der Waals surface area contributed by atoms with Crippen LogP contribution in [0.25, 0.3) is 25.8 Å². The van der Waals surface area contributed by atoms with Crippen LogP contribution in [0, 0.1) is 22.7 Å². The molecule has 0 atom stereocenters. The normalized spacial score (nSPS) is 13.5. The van der Waals surface area contributed by atoms with E-state index in [4.69, 9.17) is 9.47 Å². The third kappa shape index (κ3) is 5.29. The maximum atomic E-state index is 15.7. The summed E-state index contributed by atoms with van der Waals surface area (Å²) in [5.41, 5.74) is 2.00. The van der Waals surface area contributed by atoms with Crippen LogP contribution in [0.15, 0.2) is 89.8 Å². The minimum absolute atomic E-state index is 0.150. The van der Waals surface area contributed by atoms with E-state index in [0.717, 1.165) is 45.8 Å². The molecule has 0 amide bonds. The van der Waals surface area contributed by atoms with Gasteiger partial charge in [0.2, 0.25) is 0 Å². The summed E-state index contributed by atoms with van der Waals surface area (Å²) in [7, 11) is -1.85. The predicted molar refractivity (Wildman–Crippen MR) is 174 cm³/mol. The fourth-order valence-electron chi connectivity index (χ4n) is 5.14. The molecule has 230 valence electrons. The van der Waals surface area contributed by atoms with Gasteiger partial charge in [0.1, 0.15) is 29.2 Å². The van der Waals surface area contributed by atoms with E-state index in [9.17, 15) is 23.5 Å². The summed E-state index contributed by atoms with van der Waals surface area (Å²) >= 11 is 1.92. The molecule has 0 saturated carbocycles. The molecule has 1 aliphatic carbocycles. The van der Waals surface area contributed by atoms with Crippen molar-refractivity contribution in [3.05, 3.63) is 106 Å². The van der Waals surface area contributed by atoms with Crippen molar-refractivity contribution in [2.24, 2.45) is 0 Å². The van der Waals surface area contributed by atoms with Gasteiger partial charge >= 0.3 is 16.0 Å². The maximum Gasteiger partial charge on any atom is 0.306 e. The standard InChI is InChI=1S/C33H21F2N3O5S3/c1-42-23-11-7-21(8-12-23)38(22-9-13-24(43-2)14-10-22)20-5-3-19(4-6-20)28-15-26-31(44-28)32-27(33(26,34)35)16-29(45-32)25(17-36)30(18-37)46(39,40)41/h3-16H,1-2H3,(H,39,40,41)/b30-25-. The molecule has 8 nitrogen and oxygen atoms in total. The van der Waals surface area contributed by atoms with E-state index in [1.54, 1.807) is 20.3 Å². The van der Waals surface area contributed by atoms with Gasteiger partial charge in [0.25, 0.3) is 0 Å². The lowest BCUT2D eigenvalue weighted by molar-refractivity contribution is 0.0485. The van der Waals surface area contributed by atoms with Gasteiger partial charge in [-0.2, -0.15) is 27.7 Å². The van der Waals surface area contributed by atoms with Crippen molar-refractivity contribution in [1.82, 2.24) is 0 Å². The molecular weight excluding hydrogens is 653 g/mol. The smallest absolute Gasteiger partial charge is 0.306 e. The van der Waals surface area contributed by atoms with Crippen LogP contribution in [0.5, 0.6) is 11.5 Å². The Morgan fingerprint density at radius 3 is 1.72 bits per heavy atom. The summed E-state index contributed by atoms with van der Waals surface area (Å²) in [5, 5.41) is 18.8. The molecule has 46 heavy (non-hydrogen) atoms. The zero-order chi connectivity index (χ0) is 32.8. The first-order chi connectivity index (χ1) is 22.0. The van der Waals surface area contributed by atoms with Crippen molar-refractivity contribution in [2.75, 3.05) is 19.1 Å². The first-order valence-corrected chi connectivity index (χ1v) is 16.4. The highest BCUT2D eigenvalue weighted by atomic mass is 32.2. The highest BCUT2D eigenvalue weighted by Gasteiger charge is 2.48. The van der Waals surface area contributed by atoms with E-state index >= 15 is 8.78 Å². The number of alkyl halides is 2. The summed E-state index contributed by atoms with van der Waals surface area (Å²) < 4.78 is 74.6. The molecule has 6 rings (SSSR count). The average molecular weight is 674 g/mol. The Balaban J connectivity index is 1.38. The highest BCUT2D eigenvalue weighted by Crippen LogP contribution is 2.59. The second-order valence-electron chi connectivity index (χ2n) is 9.96. The molecule has 2 heterocycles. The average Bonchev–Trinajstić information content (AvgIpc) is 3.74.